The van der Waals surface area contributed by atoms with Crippen LogP contribution in [0, 0.1) is 12.7 Å². The van der Waals surface area contributed by atoms with Crippen molar-refractivity contribution in [3.8, 4) is 0 Å². The molecule has 0 aliphatic carbocycles. The van der Waals surface area contributed by atoms with Crippen molar-refractivity contribution in [1.82, 2.24) is 4.98 Å². The topological polar surface area (TPSA) is 42.0 Å². The zero-order valence-electron chi connectivity index (χ0n) is 11.9. The fourth-order valence-corrected chi connectivity index (χ4v) is 3.28. The molecule has 20 heavy (non-hydrogen) atoms. The van der Waals surface area contributed by atoms with Crippen molar-refractivity contribution in [3.05, 3.63) is 48.0 Å². The summed E-state index contributed by atoms with van der Waals surface area (Å²) >= 11 is 0. The van der Waals surface area contributed by atoms with Crippen LogP contribution in [0.1, 0.15) is 12.5 Å². The van der Waals surface area contributed by atoms with Crippen molar-refractivity contribution >= 4 is 23.8 Å². The predicted octanol–water partition coefficient (Wildman–Crippen LogP) is 3.91. The van der Waals surface area contributed by atoms with Gasteiger partial charge >= 0.3 is 0 Å². The molecule has 3 nitrogen and oxygen atoms in total. The Labute approximate surface area is 118 Å². The molecule has 0 amide bonds. The normalized spacial score (nSPS) is 13.8. The first-order valence-electron chi connectivity index (χ1n) is 6.48. The van der Waals surface area contributed by atoms with E-state index in [9.17, 15) is 8.96 Å². The molecule has 1 aromatic carbocycles. The molecule has 1 atom stereocenters. The van der Waals surface area contributed by atoms with Crippen molar-refractivity contribution in [2.75, 3.05) is 18.1 Å². The van der Waals surface area contributed by atoms with E-state index in [1.54, 1.807) is 31.2 Å². The monoisotopic (exact) mass is 292 g/mol. The summed E-state index contributed by atoms with van der Waals surface area (Å²) in [7, 11) is -2.45. The number of halogens is 1. The number of anilines is 2. The summed E-state index contributed by atoms with van der Waals surface area (Å²) < 4.78 is 26.5. The minimum Gasteiger partial charge on any atom is -0.351 e. The van der Waals surface area contributed by atoms with E-state index in [0.717, 1.165) is 5.56 Å². The fourth-order valence-electron chi connectivity index (χ4n) is 1.93. The molecule has 0 bridgehead atoms. The highest BCUT2D eigenvalue weighted by atomic mass is 31.2. The summed E-state index contributed by atoms with van der Waals surface area (Å²) in [6, 6.07) is 6.70. The fraction of sp³-hybridized carbons (Fsp3) is 0.267. The third-order valence-corrected chi connectivity index (χ3v) is 5.92. The highest BCUT2D eigenvalue weighted by Gasteiger charge is 2.20. The van der Waals surface area contributed by atoms with Crippen LogP contribution in [0.2, 0.25) is 0 Å². The van der Waals surface area contributed by atoms with Gasteiger partial charge in [-0.1, -0.05) is 13.0 Å². The summed E-state index contributed by atoms with van der Waals surface area (Å²) in [5.74, 6) is -0.331. The van der Waals surface area contributed by atoms with E-state index in [2.05, 4.69) is 10.3 Å². The lowest BCUT2D eigenvalue weighted by Gasteiger charge is -2.17. The van der Waals surface area contributed by atoms with Crippen LogP contribution in [-0.4, -0.2) is 17.8 Å². The lowest BCUT2D eigenvalue weighted by molar-refractivity contribution is 0.585. The summed E-state index contributed by atoms with van der Waals surface area (Å²) in [4.78, 5) is 4.03. The average molecular weight is 292 g/mol. The Morgan fingerprint density at radius 1 is 1.30 bits per heavy atom. The van der Waals surface area contributed by atoms with Crippen LogP contribution in [0.25, 0.3) is 0 Å². The maximum Gasteiger partial charge on any atom is 0.146 e. The molecule has 2 rings (SSSR count). The van der Waals surface area contributed by atoms with Gasteiger partial charge in [-0.2, -0.15) is 0 Å². The van der Waals surface area contributed by atoms with Gasteiger partial charge in [0.25, 0.3) is 0 Å². The number of hydrogen-bond acceptors (Lipinski definition) is 3. The van der Waals surface area contributed by atoms with E-state index in [1.165, 1.54) is 6.07 Å². The minimum absolute atomic E-state index is 0.331. The van der Waals surface area contributed by atoms with Gasteiger partial charge in [-0.05, 0) is 37.4 Å². The lowest BCUT2D eigenvalue weighted by Crippen LogP contribution is -2.12. The van der Waals surface area contributed by atoms with E-state index in [0.29, 0.717) is 22.8 Å². The smallest absolute Gasteiger partial charge is 0.146 e. The highest BCUT2D eigenvalue weighted by Crippen LogP contribution is 2.41. The van der Waals surface area contributed by atoms with Gasteiger partial charge in [0.05, 0.1) is 17.6 Å². The van der Waals surface area contributed by atoms with E-state index in [1.807, 2.05) is 19.9 Å². The van der Waals surface area contributed by atoms with E-state index in [-0.39, 0.29) is 5.82 Å². The molecule has 1 N–H and O–H groups in total. The van der Waals surface area contributed by atoms with Gasteiger partial charge in [0.1, 0.15) is 13.0 Å². The second-order valence-corrected chi connectivity index (χ2v) is 8.23. The van der Waals surface area contributed by atoms with Gasteiger partial charge in [0, 0.05) is 17.7 Å². The first-order valence-corrected chi connectivity index (χ1v) is 8.82. The van der Waals surface area contributed by atoms with Crippen molar-refractivity contribution in [3.63, 3.8) is 0 Å². The molecule has 0 aliphatic heterocycles. The second-order valence-electron chi connectivity index (χ2n) is 4.92. The number of benzene rings is 1. The zero-order chi connectivity index (χ0) is 14.8. The molecule has 0 saturated heterocycles. The zero-order valence-corrected chi connectivity index (χ0v) is 12.7. The Bertz CT molecular complexity index is 673. The Kier molecular flexibility index (Phi) is 4.24. The third-order valence-electron chi connectivity index (χ3n) is 3.31. The summed E-state index contributed by atoms with van der Waals surface area (Å²) in [5.41, 5.74) is 1.82. The first kappa shape index (κ1) is 14.7. The highest BCUT2D eigenvalue weighted by molar-refractivity contribution is 7.71. The Hall–Kier alpha value is -1.67. The van der Waals surface area contributed by atoms with Gasteiger partial charge in [-0.25, -0.2) is 4.39 Å². The van der Waals surface area contributed by atoms with Gasteiger partial charge in [0.15, 0.2) is 0 Å². The van der Waals surface area contributed by atoms with Gasteiger partial charge < -0.3 is 9.88 Å². The van der Waals surface area contributed by atoms with Gasteiger partial charge in [0.2, 0.25) is 0 Å². The van der Waals surface area contributed by atoms with Gasteiger partial charge in [-0.15, -0.1) is 0 Å². The number of nitrogens with one attached hydrogen (secondary N) is 1. The number of aryl methyl sites for hydroxylation is 1. The number of nitrogens with zero attached hydrogens (tertiary/aromatic N) is 1. The molecule has 5 heteroatoms. The molecule has 0 spiro atoms. The van der Waals surface area contributed by atoms with Crippen LogP contribution < -0.4 is 10.6 Å². The largest absolute Gasteiger partial charge is 0.351 e. The maximum atomic E-state index is 13.9. The Balaban J connectivity index is 2.42. The van der Waals surface area contributed by atoms with Crippen LogP contribution >= 0.6 is 7.14 Å². The van der Waals surface area contributed by atoms with Crippen LogP contribution in [0.4, 0.5) is 15.8 Å². The van der Waals surface area contributed by atoms with Crippen LogP contribution in [-0.2, 0) is 4.57 Å². The molecule has 0 fully saturated rings. The standard InChI is InChI=1S/C15H18FN2OP/c1-4-20(3,19)15-7-8-17-10-14(15)18-13-6-5-11(2)9-12(13)16/h5-10,18H,4H2,1-3H3. The first-order chi connectivity index (χ1) is 9.44. The molecule has 1 aromatic heterocycles. The number of aromatic nitrogens is 1. The number of hydrogen-bond donors (Lipinski definition) is 1. The Morgan fingerprint density at radius 2 is 2.05 bits per heavy atom. The molecular weight excluding hydrogens is 274 g/mol. The van der Waals surface area contributed by atoms with E-state index < -0.39 is 7.14 Å². The van der Waals surface area contributed by atoms with Crippen molar-refractivity contribution in [1.29, 1.82) is 0 Å². The molecule has 1 heterocycles. The van der Waals surface area contributed by atoms with Crippen molar-refractivity contribution in [2.45, 2.75) is 13.8 Å². The van der Waals surface area contributed by atoms with Crippen LogP contribution in [0.5, 0.6) is 0 Å². The summed E-state index contributed by atoms with van der Waals surface area (Å²) in [6.07, 6.45) is 3.75. The minimum atomic E-state index is -2.45. The predicted molar refractivity (Wildman–Crippen MR) is 82.4 cm³/mol. The van der Waals surface area contributed by atoms with Crippen molar-refractivity contribution < 1.29 is 8.96 Å². The third kappa shape index (κ3) is 3.07. The molecule has 2 aromatic rings. The van der Waals surface area contributed by atoms with Crippen LogP contribution in [0.15, 0.2) is 36.7 Å². The molecule has 0 radical (unpaired) electrons. The molecular formula is C15H18FN2OP. The van der Waals surface area contributed by atoms with E-state index in [4.69, 9.17) is 0 Å². The summed E-state index contributed by atoms with van der Waals surface area (Å²) in [6.45, 7) is 5.45. The average Bonchev–Trinajstić information content (AvgIpc) is 2.42. The Morgan fingerprint density at radius 3 is 2.70 bits per heavy atom. The molecule has 1 unspecified atom stereocenters. The second kappa shape index (κ2) is 5.76. The quantitative estimate of drug-likeness (QED) is 0.869. The molecule has 0 saturated carbocycles. The SMILES string of the molecule is CCP(C)(=O)c1ccncc1Nc1ccc(C)cc1F. The molecule has 106 valence electrons. The number of rotatable bonds is 4. The maximum absolute atomic E-state index is 13.9. The van der Waals surface area contributed by atoms with Crippen molar-refractivity contribution in [2.24, 2.45) is 0 Å². The van der Waals surface area contributed by atoms with E-state index >= 15 is 0 Å². The summed E-state index contributed by atoms with van der Waals surface area (Å²) in [5, 5.41) is 3.70. The molecule has 0 aliphatic rings. The van der Waals surface area contributed by atoms with Gasteiger partial charge in [-0.3, -0.25) is 4.98 Å². The van der Waals surface area contributed by atoms with Crippen LogP contribution in [0.3, 0.4) is 0 Å². The lowest BCUT2D eigenvalue weighted by atomic mass is 10.2. The number of pyridine rings is 1.